The van der Waals surface area contributed by atoms with Crippen molar-refractivity contribution in [2.24, 2.45) is 4.99 Å². The highest BCUT2D eigenvalue weighted by molar-refractivity contribution is 5.54. The molecule has 0 spiro atoms. The van der Waals surface area contributed by atoms with E-state index in [-0.39, 0.29) is 0 Å². The molecule has 0 aromatic heterocycles. The van der Waals surface area contributed by atoms with Gasteiger partial charge in [-0.1, -0.05) is 32.9 Å². The summed E-state index contributed by atoms with van der Waals surface area (Å²) >= 11 is 0. The summed E-state index contributed by atoms with van der Waals surface area (Å²) in [6, 6.07) is 4.30. The fourth-order valence-corrected chi connectivity index (χ4v) is 3.13. The third-order valence-electron chi connectivity index (χ3n) is 4.38. The van der Waals surface area contributed by atoms with Crippen molar-refractivity contribution in [2.45, 2.75) is 57.9 Å². The number of nitrogens with zero attached hydrogens (tertiary/aromatic N) is 1. The van der Waals surface area contributed by atoms with Gasteiger partial charge in [-0.15, -0.1) is 0 Å². The molecule has 1 fully saturated rings. The van der Waals surface area contributed by atoms with Gasteiger partial charge in [-0.3, -0.25) is 0 Å². The van der Waals surface area contributed by atoms with Gasteiger partial charge in [0.05, 0.1) is 7.11 Å². The third kappa shape index (κ3) is 2.27. The molecule has 0 bridgehead atoms. The molecular weight excluding hydrogens is 250 g/mol. The smallest absolute Gasteiger partial charge is 0.235 e. The van der Waals surface area contributed by atoms with E-state index in [4.69, 9.17) is 4.74 Å². The molecule has 0 N–H and O–H groups in total. The largest absolute Gasteiger partial charge is 0.496 e. The summed E-state index contributed by atoms with van der Waals surface area (Å²) in [6.45, 7) is 6.45. The Labute approximate surface area is 121 Å². The third-order valence-corrected chi connectivity index (χ3v) is 4.38. The van der Waals surface area contributed by atoms with Gasteiger partial charge in [0.2, 0.25) is 6.08 Å². The molecule has 20 heavy (non-hydrogen) atoms. The molecule has 0 unspecified atom stereocenters. The predicted molar refractivity (Wildman–Crippen MR) is 80.1 cm³/mol. The highest BCUT2D eigenvalue weighted by atomic mass is 16.5. The summed E-state index contributed by atoms with van der Waals surface area (Å²) in [5, 5.41) is 0. The molecule has 1 aliphatic carbocycles. The number of hydrogen-bond donors (Lipinski definition) is 0. The van der Waals surface area contributed by atoms with E-state index in [0.29, 0.717) is 5.92 Å². The van der Waals surface area contributed by atoms with Crippen molar-refractivity contribution < 1.29 is 9.53 Å². The molecule has 0 heterocycles. The van der Waals surface area contributed by atoms with Gasteiger partial charge in [0.1, 0.15) is 11.3 Å². The Hall–Kier alpha value is -1.60. The number of hydrogen-bond acceptors (Lipinski definition) is 3. The van der Waals surface area contributed by atoms with Crippen molar-refractivity contribution >= 4 is 6.08 Å². The number of aryl methyl sites for hydroxylation is 1. The Morgan fingerprint density at radius 1 is 1.40 bits per heavy atom. The van der Waals surface area contributed by atoms with Crippen molar-refractivity contribution in [3.05, 3.63) is 28.8 Å². The lowest BCUT2D eigenvalue weighted by Crippen LogP contribution is -2.34. The summed E-state index contributed by atoms with van der Waals surface area (Å²) in [7, 11) is 1.71. The van der Waals surface area contributed by atoms with E-state index in [2.05, 4.69) is 37.9 Å². The second-order valence-corrected chi connectivity index (χ2v) is 5.82. The second-order valence-electron chi connectivity index (χ2n) is 5.82. The summed E-state index contributed by atoms with van der Waals surface area (Å²) in [6.07, 6.45) is 5.61. The van der Waals surface area contributed by atoms with E-state index in [0.717, 1.165) is 37.0 Å². The number of rotatable bonds is 5. The van der Waals surface area contributed by atoms with Gasteiger partial charge in [-0.05, 0) is 42.7 Å². The minimum atomic E-state index is -0.405. The molecule has 3 nitrogen and oxygen atoms in total. The zero-order valence-corrected chi connectivity index (χ0v) is 12.8. The molecule has 1 aromatic rings. The van der Waals surface area contributed by atoms with Crippen LogP contribution in [0.3, 0.4) is 0 Å². The van der Waals surface area contributed by atoms with E-state index in [1.807, 2.05) is 0 Å². The summed E-state index contributed by atoms with van der Waals surface area (Å²) in [5.41, 5.74) is 3.12. The van der Waals surface area contributed by atoms with Crippen LogP contribution in [0.5, 0.6) is 5.75 Å². The monoisotopic (exact) mass is 273 g/mol. The van der Waals surface area contributed by atoms with Crippen molar-refractivity contribution in [3.63, 3.8) is 0 Å². The SMILES string of the molecule is CCc1ccc(C(C)C)c(C2(N=C=O)CCC2)c1OC. The topological polar surface area (TPSA) is 38.7 Å². The lowest BCUT2D eigenvalue weighted by Gasteiger charge is -2.40. The summed E-state index contributed by atoms with van der Waals surface area (Å²) in [5.74, 6) is 1.29. The molecule has 108 valence electrons. The maximum atomic E-state index is 10.9. The Morgan fingerprint density at radius 2 is 2.10 bits per heavy atom. The van der Waals surface area contributed by atoms with Crippen molar-refractivity contribution in [1.29, 1.82) is 0 Å². The fourth-order valence-electron chi connectivity index (χ4n) is 3.13. The maximum absolute atomic E-state index is 10.9. The second kappa shape index (κ2) is 5.80. The van der Waals surface area contributed by atoms with E-state index in [1.54, 1.807) is 13.2 Å². The maximum Gasteiger partial charge on any atom is 0.235 e. The zero-order chi connectivity index (χ0) is 14.8. The van der Waals surface area contributed by atoms with Crippen LogP contribution in [0.2, 0.25) is 0 Å². The van der Waals surface area contributed by atoms with Crippen molar-refractivity contribution in [2.75, 3.05) is 7.11 Å². The molecule has 0 aliphatic heterocycles. The van der Waals surface area contributed by atoms with Crippen LogP contribution in [-0.4, -0.2) is 13.2 Å². The van der Waals surface area contributed by atoms with Gasteiger partial charge in [-0.25, -0.2) is 4.79 Å². The van der Waals surface area contributed by atoms with E-state index < -0.39 is 5.54 Å². The van der Waals surface area contributed by atoms with Gasteiger partial charge >= 0.3 is 0 Å². The average molecular weight is 273 g/mol. The zero-order valence-electron chi connectivity index (χ0n) is 12.8. The molecule has 0 amide bonds. The van der Waals surface area contributed by atoms with Crippen molar-refractivity contribution in [3.8, 4) is 5.75 Å². The summed E-state index contributed by atoms with van der Waals surface area (Å²) in [4.78, 5) is 15.1. The van der Waals surface area contributed by atoms with Gasteiger partial charge in [-0.2, -0.15) is 4.99 Å². The van der Waals surface area contributed by atoms with E-state index >= 15 is 0 Å². The minimum Gasteiger partial charge on any atom is -0.496 e. The molecular formula is C17H23NO2. The number of methoxy groups -OCH3 is 1. The predicted octanol–water partition coefficient (Wildman–Crippen LogP) is 4.10. The van der Waals surface area contributed by atoms with Crippen LogP contribution in [0, 0.1) is 0 Å². The van der Waals surface area contributed by atoms with Crippen LogP contribution in [0.15, 0.2) is 17.1 Å². The van der Waals surface area contributed by atoms with Gasteiger partial charge in [0, 0.05) is 5.56 Å². The molecule has 0 radical (unpaired) electrons. The van der Waals surface area contributed by atoms with Crippen LogP contribution in [0.4, 0.5) is 0 Å². The van der Waals surface area contributed by atoms with Crippen LogP contribution in [-0.2, 0) is 16.8 Å². The Balaban J connectivity index is 2.72. The Morgan fingerprint density at radius 3 is 2.50 bits per heavy atom. The minimum absolute atomic E-state index is 0.379. The highest BCUT2D eigenvalue weighted by Gasteiger charge is 2.43. The number of isocyanates is 1. The van der Waals surface area contributed by atoms with Crippen LogP contribution >= 0.6 is 0 Å². The first kappa shape index (κ1) is 14.8. The first-order valence-electron chi connectivity index (χ1n) is 7.39. The van der Waals surface area contributed by atoms with Gasteiger partial charge in [0.25, 0.3) is 0 Å². The van der Waals surface area contributed by atoms with E-state index in [9.17, 15) is 4.79 Å². The number of ether oxygens (including phenoxy) is 1. The molecule has 0 saturated heterocycles. The molecule has 3 heteroatoms. The van der Waals surface area contributed by atoms with Crippen LogP contribution < -0.4 is 4.74 Å². The Kier molecular flexibility index (Phi) is 4.29. The van der Waals surface area contributed by atoms with Crippen molar-refractivity contribution in [1.82, 2.24) is 0 Å². The van der Waals surface area contributed by atoms with Gasteiger partial charge in [0.15, 0.2) is 0 Å². The lowest BCUT2D eigenvalue weighted by molar-refractivity contribution is 0.243. The standard InChI is InChI=1S/C17H23NO2/c1-5-13-7-8-14(12(2)3)15(16(13)20-4)17(18-11-19)9-6-10-17/h7-8,12H,5-6,9-10H2,1-4H3. The quantitative estimate of drug-likeness (QED) is 0.598. The molecule has 1 aliphatic rings. The Bertz CT molecular complexity index is 538. The first-order valence-corrected chi connectivity index (χ1v) is 7.39. The average Bonchev–Trinajstić information content (AvgIpc) is 2.41. The number of benzene rings is 1. The first-order chi connectivity index (χ1) is 9.59. The van der Waals surface area contributed by atoms with Gasteiger partial charge < -0.3 is 4.74 Å². The van der Waals surface area contributed by atoms with Crippen LogP contribution in [0.1, 0.15) is 62.6 Å². The summed E-state index contributed by atoms with van der Waals surface area (Å²) < 4.78 is 5.70. The molecule has 2 rings (SSSR count). The normalized spacial score (nSPS) is 16.4. The highest BCUT2D eigenvalue weighted by Crippen LogP contribution is 2.51. The number of carbonyl (C=O) groups excluding carboxylic acids is 1. The molecule has 1 aromatic carbocycles. The van der Waals surface area contributed by atoms with E-state index in [1.165, 1.54) is 11.1 Å². The molecule has 0 atom stereocenters. The number of aliphatic imine (C=N–C) groups is 1. The lowest BCUT2D eigenvalue weighted by atomic mass is 9.69. The molecule has 1 saturated carbocycles. The fraction of sp³-hybridized carbons (Fsp3) is 0.588. The van der Waals surface area contributed by atoms with Crippen LogP contribution in [0.25, 0.3) is 0 Å².